The van der Waals surface area contributed by atoms with Crippen molar-refractivity contribution in [1.82, 2.24) is 9.97 Å². The Labute approximate surface area is 79.3 Å². The van der Waals surface area contributed by atoms with Gasteiger partial charge in [0, 0.05) is 0 Å². The predicted molar refractivity (Wildman–Crippen MR) is 49.2 cm³/mol. The van der Waals surface area contributed by atoms with Crippen LogP contribution in [-0.4, -0.2) is 27.7 Å². The number of aromatic nitrogens is 2. The van der Waals surface area contributed by atoms with E-state index in [0.717, 1.165) is 11.0 Å². The SMILES string of the molecule is O=C(O)COc1nc2ccccc2[nH]1. The van der Waals surface area contributed by atoms with Crippen LogP contribution in [0.1, 0.15) is 0 Å². The molecule has 0 spiro atoms. The van der Waals surface area contributed by atoms with Gasteiger partial charge in [-0.3, -0.25) is 0 Å². The van der Waals surface area contributed by atoms with Crippen molar-refractivity contribution in [2.24, 2.45) is 0 Å². The molecule has 0 aliphatic rings. The highest BCUT2D eigenvalue weighted by atomic mass is 16.5. The van der Waals surface area contributed by atoms with E-state index >= 15 is 0 Å². The van der Waals surface area contributed by atoms with Crippen molar-refractivity contribution in [2.75, 3.05) is 6.61 Å². The summed E-state index contributed by atoms with van der Waals surface area (Å²) in [6, 6.07) is 7.61. The minimum atomic E-state index is -1.02. The summed E-state index contributed by atoms with van der Waals surface area (Å²) < 4.78 is 4.89. The molecule has 0 aliphatic heterocycles. The number of aromatic amines is 1. The van der Waals surface area contributed by atoms with Gasteiger partial charge in [-0.2, -0.15) is 4.98 Å². The van der Waals surface area contributed by atoms with Crippen LogP contribution in [0.25, 0.3) is 11.0 Å². The van der Waals surface area contributed by atoms with Crippen LogP contribution in [0.4, 0.5) is 0 Å². The molecule has 5 heteroatoms. The maximum Gasteiger partial charge on any atom is 0.341 e. The van der Waals surface area contributed by atoms with Crippen LogP contribution in [0.2, 0.25) is 0 Å². The van der Waals surface area contributed by atoms with E-state index in [1.807, 2.05) is 24.3 Å². The van der Waals surface area contributed by atoms with Crippen LogP contribution in [0.5, 0.6) is 6.01 Å². The molecule has 0 atom stereocenters. The van der Waals surface area contributed by atoms with Gasteiger partial charge in [0.05, 0.1) is 11.0 Å². The van der Waals surface area contributed by atoms with Gasteiger partial charge in [0.25, 0.3) is 6.01 Å². The Hall–Kier alpha value is -2.04. The van der Waals surface area contributed by atoms with Gasteiger partial charge in [0.2, 0.25) is 0 Å². The lowest BCUT2D eigenvalue weighted by atomic mass is 10.3. The van der Waals surface area contributed by atoms with Crippen molar-refractivity contribution in [3.8, 4) is 6.01 Å². The van der Waals surface area contributed by atoms with Gasteiger partial charge in [0.1, 0.15) is 0 Å². The van der Waals surface area contributed by atoms with E-state index in [4.69, 9.17) is 9.84 Å². The lowest BCUT2D eigenvalue weighted by molar-refractivity contribution is -0.139. The molecule has 2 N–H and O–H groups in total. The van der Waals surface area contributed by atoms with Gasteiger partial charge < -0.3 is 14.8 Å². The Bertz CT molecular complexity index is 431. The number of nitrogens with one attached hydrogen (secondary N) is 1. The zero-order valence-electron chi connectivity index (χ0n) is 7.23. The highest BCUT2D eigenvalue weighted by Crippen LogP contribution is 2.14. The van der Waals surface area contributed by atoms with Crippen LogP contribution >= 0.6 is 0 Å². The summed E-state index contributed by atoms with van der Waals surface area (Å²) in [4.78, 5) is 17.1. The molecule has 0 bridgehead atoms. The number of carboxylic acid groups (broad SMARTS) is 1. The van der Waals surface area contributed by atoms with E-state index in [1.54, 1.807) is 0 Å². The average Bonchev–Trinajstić information content (AvgIpc) is 2.57. The smallest absolute Gasteiger partial charge is 0.341 e. The highest BCUT2D eigenvalue weighted by Gasteiger charge is 2.04. The molecule has 72 valence electrons. The third-order valence-electron chi connectivity index (χ3n) is 1.70. The molecule has 2 rings (SSSR count). The first-order chi connectivity index (χ1) is 6.75. The number of fused-ring (bicyclic) bond motifs is 1. The van der Waals surface area contributed by atoms with E-state index < -0.39 is 5.97 Å². The number of para-hydroxylation sites is 2. The van der Waals surface area contributed by atoms with Crippen molar-refractivity contribution >= 4 is 17.0 Å². The summed E-state index contributed by atoms with van der Waals surface area (Å²) >= 11 is 0. The highest BCUT2D eigenvalue weighted by molar-refractivity contribution is 5.75. The molecule has 0 amide bonds. The van der Waals surface area contributed by atoms with E-state index in [1.165, 1.54) is 0 Å². The lowest BCUT2D eigenvalue weighted by Crippen LogP contribution is -2.09. The van der Waals surface area contributed by atoms with Gasteiger partial charge in [-0.05, 0) is 12.1 Å². The zero-order valence-corrected chi connectivity index (χ0v) is 7.23. The summed E-state index contributed by atoms with van der Waals surface area (Å²) in [5.41, 5.74) is 1.58. The number of hydrogen-bond acceptors (Lipinski definition) is 3. The third-order valence-corrected chi connectivity index (χ3v) is 1.70. The summed E-state index contributed by atoms with van der Waals surface area (Å²) in [5, 5.41) is 8.38. The number of nitrogens with zero attached hydrogens (tertiary/aromatic N) is 1. The van der Waals surface area contributed by atoms with Gasteiger partial charge >= 0.3 is 5.97 Å². The Morgan fingerprint density at radius 3 is 3.00 bits per heavy atom. The number of H-pyrrole nitrogens is 1. The molecule has 0 saturated heterocycles. The van der Waals surface area contributed by atoms with Crippen molar-refractivity contribution in [3.05, 3.63) is 24.3 Å². The number of rotatable bonds is 3. The van der Waals surface area contributed by atoms with Gasteiger partial charge in [-0.15, -0.1) is 0 Å². The molecule has 0 radical (unpaired) electrons. The van der Waals surface area contributed by atoms with Crippen molar-refractivity contribution in [1.29, 1.82) is 0 Å². The Morgan fingerprint density at radius 2 is 2.29 bits per heavy atom. The molecule has 14 heavy (non-hydrogen) atoms. The molecule has 2 aromatic rings. The Morgan fingerprint density at radius 1 is 1.50 bits per heavy atom. The number of carboxylic acids is 1. The molecule has 5 nitrogen and oxygen atoms in total. The fourth-order valence-electron chi connectivity index (χ4n) is 1.13. The topological polar surface area (TPSA) is 75.2 Å². The second kappa shape index (κ2) is 3.37. The van der Waals surface area contributed by atoms with Gasteiger partial charge in [-0.25, -0.2) is 4.79 Å². The van der Waals surface area contributed by atoms with Crippen LogP contribution < -0.4 is 4.74 Å². The Balaban J connectivity index is 2.22. The Kier molecular flexibility index (Phi) is 2.06. The van der Waals surface area contributed by atoms with E-state index in [0.29, 0.717) is 0 Å². The fraction of sp³-hybridized carbons (Fsp3) is 0.111. The van der Waals surface area contributed by atoms with E-state index in [-0.39, 0.29) is 12.6 Å². The number of imidazole rings is 1. The van der Waals surface area contributed by atoms with Crippen LogP contribution in [0, 0.1) is 0 Å². The minimum absolute atomic E-state index is 0.230. The van der Waals surface area contributed by atoms with Crippen molar-refractivity contribution in [3.63, 3.8) is 0 Å². The standard InChI is InChI=1S/C9H8N2O3/c12-8(13)5-14-9-10-6-3-1-2-4-7(6)11-9/h1-4H,5H2,(H,10,11)(H,12,13). The molecule has 0 fully saturated rings. The number of hydrogen-bond donors (Lipinski definition) is 2. The average molecular weight is 192 g/mol. The molecular formula is C9H8N2O3. The van der Waals surface area contributed by atoms with Crippen molar-refractivity contribution in [2.45, 2.75) is 0 Å². The van der Waals surface area contributed by atoms with E-state index in [9.17, 15) is 4.79 Å². The zero-order chi connectivity index (χ0) is 9.97. The fourth-order valence-corrected chi connectivity index (χ4v) is 1.13. The molecule has 1 heterocycles. The first kappa shape index (κ1) is 8.55. The second-order valence-electron chi connectivity index (χ2n) is 2.74. The largest absolute Gasteiger partial charge is 0.479 e. The number of benzene rings is 1. The number of ether oxygens (including phenoxy) is 1. The molecule has 0 unspecified atom stereocenters. The predicted octanol–water partition coefficient (Wildman–Crippen LogP) is 1.03. The van der Waals surface area contributed by atoms with Crippen molar-refractivity contribution < 1.29 is 14.6 Å². The molecule has 0 saturated carbocycles. The maximum absolute atomic E-state index is 10.2. The monoisotopic (exact) mass is 192 g/mol. The van der Waals surface area contributed by atoms with Gasteiger partial charge in [0.15, 0.2) is 6.61 Å². The third kappa shape index (κ3) is 1.66. The van der Waals surface area contributed by atoms with Crippen LogP contribution in [0.15, 0.2) is 24.3 Å². The molecule has 1 aromatic carbocycles. The summed E-state index contributed by atoms with van der Waals surface area (Å²) in [7, 11) is 0. The van der Waals surface area contributed by atoms with Crippen LogP contribution in [-0.2, 0) is 4.79 Å². The van der Waals surface area contributed by atoms with Crippen LogP contribution in [0.3, 0.4) is 0 Å². The normalized spacial score (nSPS) is 10.3. The lowest BCUT2D eigenvalue weighted by Gasteiger charge is -1.95. The second-order valence-corrected chi connectivity index (χ2v) is 2.74. The number of carbonyl (C=O) groups is 1. The first-order valence-electron chi connectivity index (χ1n) is 4.05. The first-order valence-corrected chi connectivity index (χ1v) is 4.05. The minimum Gasteiger partial charge on any atom is -0.479 e. The summed E-state index contributed by atoms with van der Waals surface area (Å²) in [5.74, 6) is -1.02. The maximum atomic E-state index is 10.2. The number of aliphatic carboxylic acids is 1. The summed E-state index contributed by atoms with van der Waals surface area (Å²) in [6.45, 7) is -0.389. The molecule has 1 aromatic heterocycles. The molecule has 0 aliphatic carbocycles. The molecular weight excluding hydrogens is 184 g/mol. The van der Waals surface area contributed by atoms with E-state index in [2.05, 4.69) is 9.97 Å². The van der Waals surface area contributed by atoms with Gasteiger partial charge in [-0.1, -0.05) is 12.1 Å². The summed E-state index contributed by atoms with van der Waals surface area (Å²) in [6.07, 6.45) is 0. The quantitative estimate of drug-likeness (QED) is 0.761.